The number of β-amino-alcohol motifs (C(OH)–C–C–N with tert-alkyl or cyclic N) is 1. The van der Waals surface area contributed by atoms with Gasteiger partial charge in [-0.25, -0.2) is 0 Å². The maximum absolute atomic E-state index is 11.7. The average Bonchev–Trinajstić information content (AvgIpc) is 2.31. The summed E-state index contributed by atoms with van der Waals surface area (Å²) in [6.45, 7) is 6.99. The van der Waals surface area contributed by atoms with Gasteiger partial charge in [0, 0.05) is 39.2 Å². The summed E-state index contributed by atoms with van der Waals surface area (Å²) in [6, 6.07) is 0.294. The van der Waals surface area contributed by atoms with Gasteiger partial charge in [-0.15, -0.1) is 0 Å². The minimum atomic E-state index is -0.419. The number of carbonyl (C=O) groups is 1. The molecule has 1 unspecified atom stereocenters. The van der Waals surface area contributed by atoms with Crippen molar-refractivity contribution in [2.75, 3.05) is 33.4 Å². The second kappa shape index (κ2) is 8.51. The lowest BCUT2D eigenvalue weighted by Crippen LogP contribution is -2.47. The molecule has 0 aromatic rings. The van der Waals surface area contributed by atoms with Crippen molar-refractivity contribution in [1.29, 1.82) is 0 Å². The number of hydrogen-bond acceptors (Lipinski definition) is 4. The molecule has 19 heavy (non-hydrogen) atoms. The molecule has 0 saturated carbocycles. The van der Waals surface area contributed by atoms with Gasteiger partial charge in [-0.1, -0.05) is 13.8 Å². The summed E-state index contributed by atoms with van der Waals surface area (Å²) in [7, 11) is 1.60. The number of amides is 1. The Morgan fingerprint density at radius 1 is 1.42 bits per heavy atom. The lowest BCUT2D eigenvalue weighted by molar-refractivity contribution is -0.122. The average molecular weight is 272 g/mol. The molecule has 1 aliphatic rings. The van der Waals surface area contributed by atoms with E-state index in [1.165, 1.54) is 0 Å². The number of ether oxygens (including phenoxy) is 1. The first-order valence-electron chi connectivity index (χ1n) is 7.20. The van der Waals surface area contributed by atoms with Gasteiger partial charge < -0.3 is 20.1 Å². The minimum absolute atomic E-state index is 0.160. The smallest absolute Gasteiger partial charge is 0.220 e. The lowest BCUT2D eigenvalue weighted by Gasteiger charge is -2.33. The topological polar surface area (TPSA) is 61.8 Å². The van der Waals surface area contributed by atoms with Crippen molar-refractivity contribution in [3.8, 4) is 0 Å². The van der Waals surface area contributed by atoms with Crippen molar-refractivity contribution in [2.24, 2.45) is 5.92 Å². The van der Waals surface area contributed by atoms with Crippen LogP contribution in [0.1, 0.15) is 33.1 Å². The highest BCUT2D eigenvalue weighted by Crippen LogP contribution is 2.11. The number of nitrogens with zero attached hydrogens (tertiary/aromatic N) is 1. The highest BCUT2D eigenvalue weighted by molar-refractivity contribution is 5.76. The molecule has 0 radical (unpaired) electrons. The van der Waals surface area contributed by atoms with Crippen molar-refractivity contribution in [3.63, 3.8) is 0 Å². The van der Waals surface area contributed by atoms with E-state index in [0.29, 0.717) is 31.5 Å². The summed E-state index contributed by atoms with van der Waals surface area (Å²) in [5.41, 5.74) is 0. The van der Waals surface area contributed by atoms with Crippen molar-refractivity contribution < 1.29 is 14.6 Å². The SMILES string of the molecule is COCC(O)CN1CCC(NC(=O)CC(C)C)CC1. The molecular formula is C14H28N2O3. The molecule has 0 bridgehead atoms. The first-order valence-corrected chi connectivity index (χ1v) is 7.20. The summed E-state index contributed by atoms with van der Waals surface area (Å²) in [6.07, 6.45) is 2.11. The molecule has 0 spiro atoms. The number of methoxy groups -OCH3 is 1. The fourth-order valence-electron chi connectivity index (χ4n) is 2.46. The number of hydrogen-bond donors (Lipinski definition) is 2. The minimum Gasteiger partial charge on any atom is -0.389 e. The van der Waals surface area contributed by atoms with E-state index >= 15 is 0 Å². The normalized spacial score (nSPS) is 19.6. The third kappa shape index (κ3) is 6.89. The van der Waals surface area contributed by atoms with Crippen LogP contribution in [0.15, 0.2) is 0 Å². The first kappa shape index (κ1) is 16.4. The molecule has 1 heterocycles. The number of rotatable bonds is 7. The molecule has 1 rings (SSSR count). The number of piperidine rings is 1. The van der Waals surface area contributed by atoms with Crippen LogP contribution in [0.5, 0.6) is 0 Å². The van der Waals surface area contributed by atoms with Crippen LogP contribution in [-0.4, -0.2) is 61.4 Å². The zero-order valence-electron chi connectivity index (χ0n) is 12.4. The van der Waals surface area contributed by atoms with Crippen molar-refractivity contribution in [1.82, 2.24) is 10.2 Å². The number of aliphatic hydroxyl groups is 1. The molecule has 112 valence electrons. The number of likely N-dealkylation sites (tertiary alicyclic amines) is 1. The summed E-state index contributed by atoms with van der Waals surface area (Å²) in [5.74, 6) is 0.567. The molecule has 0 aromatic heterocycles. The van der Waals surface area contributed by atoms with E-state index < -0.39 is 6.10 Å². The van der Waals surface area contributed by atoms with Crippen LogP contribution in [0.25, 0.3) is 0 Å². The zero-order valence-corrected chi connectivity index (χ0v) is 12.4. The van der Waals surface area contributed by atoms with Crippen LogP contribution in [-0.2, 0) is 9.53 Å². The Kier molecular flexibility index (Phi) is 7.34. The van der Waals surface area contributed by atoms with Crippen LogP contribution in [0, 0.1) is 5.92 Å². The van der Waals surface area contributed by atoms with Crippen molar-refractivity contribution >= 4 is 5.91 Å². The van der Waals surface area contributed by atoms with E-state index in [1.54, 1.807) is 7.11 Å². The third-order valence-electron chi connectivity index (χ3n) is 3.37. The highest BCUT2D eigenvalue weighted by Gasteiger charge is 2.22. The van der Waals surface area contributed by atoms with E-state index in [9.17, 15) is 9.90 Å². The maximum Gasteiger partial charge on any atom is 0.220 e. The predicted octanol–water partition coefficient (Wildman–Crippen LogP) is 0.620. The Labute approximate surface area is 116 Å². The van der Waals surface area contributed by atoms with Gasteiger partial charge in [0.05, 0.1) is 12.7 Å². The molecular weight excluding hydrogens is 244 g/mol. The van der Waals surface area contributed by atoms with Gasteiger partial charge in [-0.05, 0) is 18.8 Å². The molecule has 1 atom stereocenters. The van der Waals surface area contributed by atoms with E-state index in [0.717, 1.165) is 25.9 Å². The largest absolute Gasteiger partial charge is 0.389 e. The number of carbonyl (C=O) groups excluding carboxylic acids is 1. The third-order valence-corrected chi connectivity index (χ3v) is 3.37. The second-order valence-corrected chi connectivity index (χ2v) is 5.85. The molecule has 1 saturated heterocycles. The highest BCUT2D eigenvalue weighted by atomic mass is 16.5. The standard InChI is InChI=1S/C14H28N2O3/c1-11(2)8-14(18)15-12-4-6-16(7-5-12)9-13(17)10-19-3/h11-13,17H,4-10H2,1-3H3,(H,15,18). The van der Waals surface area contributed by atoms with Crippen LogP contribution in [0.2, 0.25) is 0 Å². The van der Waals surface area contributed by atoms with Gasteiger partial charge in [0.15, 0.2) is 0 Å². The monoisotopic (exact) mass is 272 g/mol. The Bertz CT molecular complexity index is 263. The lowest BCUT2D eigenvalue weighted by atomic mass is 10.0. The summed E-state index contributed by atoms with van der Waals surface area (Å²) >= 11 is 0. The van der Waals surface area contributed by atoms with Crippen molar-refractivity contribution in [2.45, 2.75) is 45.3 Å². The van der Waals surface area contributed by atoms with Gasteiger partial charge >= 0.3 is 0 Å². The number of nitrogens with one attached hydrogen (secondary N) is 1. The van der Waals surface area contributed by atoms with Crippen molar-refractivity contribution in [3.05, 3.63) is 0 Å². The molecule has 2 N–H and O–H groups in total. The van der Waals surface area contributed by atoms with Gasteiger partial charge in [0.1, 0.15) is 0 Å². The second-order valence-electron chi connectivity index (χ2n) is 5.85. The molecule has 1 aliphatic heterocycles. The summed E-state index contributed by atoms with van der Waals surface area (Å²) < 4.78 is 4.92. The molecule has 1 amide bonds. The quantitative estimate of drug-likeness (QED) is 0.713. The predicted molar refractivity (Wildman–Crippen MR) is 74.9 cm³/mol. The van der Waals surface area contributed by atoms with E-state index in [1.807, 2.05) is 0 Å². The zero-order chi connectivity index (χ0) is 14.3. The molecule has 5 nitrogen and oxygen atoms in total. The van der Waals surface area contributed by atoms with Crippen LogP contribution < -0.4 is 5.32 Å². The molecule has 0 aromatic carbocycles. The van der Waals surface area contributed by atoms with Gasteiger partial charge in [-0.3, -0.25) is 4.79 Å². The fourth-order valence-corrected chi connectivity index (χ4v) is 2.46. The Balaban J connectivity index is 2.19. The van der Waals surface area contributed by atoms with Gasteiger partial charge in [0.25, 0.3) is 0 Å². The van der Waals surface area contributed by atoms with E-state index in [2.05, 4.69) is 24.1 Å². The Morgan fingerprint density at radius 3 is 2.58 bits per heavy atom. The summed E-state index contributed by atoms with van der Waals surface area (Å²) in [4.78, 5) is 13.9. The molecule has 1 fully saturated rings. The molecule has 0 aliphatic carbocycles. The van der Waals surface area contributed by atoms with Crippen LogP contribution in [0.3, 0.4) is 0 Å². The Morgan fingerprint density at radius 2 is 2.05 bits per heavy atom. The molecule has 5 heteroatoms. The maximum atomic E-state index is 11.7. The Hall–Kier alpha value is -0.650. The fraction of sp³-hybridized carbons (Fsp3) is 0.929. The first-order chi connectivity index (χ1) is 9.01. The van der Waals surface area contributed by atoms with E-state index in [-0.39, 0.29) is 5.91 Å². The van der Waals surface area contributed by atoms with Crippen LogP contribution in [0.4, 0.5) is 0 Å². The summed E-state index contributed by atoms with van der Waals surface area (Å²) in [5, 5.41) is 12.8. The van der Waals surface area contributed by atoms with Gasteiger partial charge in [-0.2, -0.15) is 0 Å². The van der Waals surface area contributed by atoms with E-state index in [4.69, 9.17) is 4.74 Å². The van der Waals surface area contributed by atoms with Crippen LogP contribution >= 0.6 is 0 Å². The number of aliphatic hydroxyl groups excluding tert-OH is 1. The van der Waals surface area contributed by atoms with Gasteiger partial charge in [0.2, 0.25) is 5.91 Å².